The van der Waals surface area contributed by atoms with Crippen molar-refractivity contribution < 1.29 is 13.7 Å². The lowest BCUT2D eigenvalue weighted by Gasteiger charge is -2.32. The first kappa shape index (κ1) is 13.4. The molecule has 0 aliphatic carbocycles. The summed E-state index contributed by atoms with van der Waals surface area (Å²) in [5, 5.41) is 0. The van der Waals surface area contributed by atoms with Crippen LogP contribution in [0.15, 0.2) is 12.1 Å². The fourth-order valence-electron chi connectivity index (χ4n) is 1.86. The molecule has 2 N–H and O–H groups in total. The molecule has 5 heteroatoms. The molecular formula is C13H19BFNO2. The fraction of sp³-hybridized carbons (Fsp3) is 0.538. The molecule has 1 aromatic carbocycles. The quantitative estimate of drug-likeness (QED) is 0.613. The minimum atomic E-state index is -0.710. The zero-order valence-electron chi connectivity index (χ0n) is 11.5. The third-order valence-electron chi connectivity index (χ3n) is 3.93. The first-order valence-corrected chi connectivity index (χ1v) is 6.06. The number of hydrogen-bond acceptors (Lipinski definition) is 3. The van der Waals surface area contributed by atoms with Gasteiger partial charge in [-0.25, -0.2) is 4.39 Å². The monoisotopic (exact) mass is 251 g/mol. The Labute approximate surface area is 108 Å². The lowest BCUT2D eigenvalue weighted by molar-refractivity contribution is 0.00578. The van der Waals surface area contributed by atoms with Gasteiger partial charge in [-0.15, -0.1) is 0 Å². The molecule has 1 heterocycles. The normalized spacial score (nSPS) is 21.3. The molecule has 0 saturated carbocycles. The Bertz CT molecular complexity index is 472. The van der Waals surface area contributed by atoms with Crippen molar-refractivity contribution in [2.75, 3.05) is 5.73 Å². The minimum absolute atomic E-state index is 0.155. The van der Waals surface area contributed by atoms with Gasteiger partial charge in [0.25, 0.3) is 0 Å². The van der Waals surface area contributed by atoms with E-state index < -0.39 is 24.1 Å². The highest BCUT2D eigenvalue weighted by atomic mass is 19.1. The topological polar surface area (TPSA) is 44.5 Å². The lowest BCUT2D eigenvalue weighted by Crippen LogP contribution is -2.41. The van der Waals surface area contributed by atoms with Crippen LogP contribution in [0.3, 0.4) is 0 Å². The van der Waals surface area contributed by atoms with Gasteiger partial charge in [0.05, 0.1) is 16.9 Å². The highest BCUT2D eigenvalue weighted by Crippen LogP contribution is 2.36. The number of aryl methyl sites for hydroxylation is 1. The highest BCUT2D eigenvalue weighted by molar-refractivity contribution is 6.62. The van der Waals surface area contributed by atoms with Crippen LogP contribution in [0.2, 0.25) is 0 Å². The number of benzene rings is 1. The molecule has 2 rings (SSSR count). The van der Waals surface area contributed by atoms with Crippen molar-refractivity contribution in [3.05, 3.63) is 23.5 Å². The van der Waals surface area contributed by atoms with Crippen molar-refractivity contribution >= 4 is 18.3 Å². The van der Waals surface area contributed by atoms with Crippen molar-refractivity contribution in [3.63, 3.8) is 0 Å². The van der Waals surface area contributed by atoms with Crippen LogP contribution in [0.4, 0.5) is 10.1 Å². The maximum Gasteiger partial charge on any atom is 0.497 e. The SMILES string of the molecule is Cc1ccc(B2OC(C)(C)C(C)(C)O2)c(F)c1N. The molecule has 0 unspecified atom stereocenters. The first-order valence-electron chi connectivity index (χ1n) is 6.06. The Balaban J connectivity index is 2.39. The van der Waals surface area contributed by atoms with Crippen LogP contribution in [0, 0.1) is 12.7 Å². The molecule has 0 aromatic heterocycles. The Morgan fingerprint density at radius 2 is 1.61 bits per heavy atom. The Kier molecular flexibility index (Phi) is 2.95. The summed E-state index contributed by atoms with van der Waals surface area (Å²) in [6, 6.07) is 3.45. The summed E-state index contributed by atoms with van der Waals surface area (Å²) < 4.78 is 25.7. The molecule has 0 spiro atoms. The predicted octanol–water partition coefficient (Wildman–Crippen LogP) is 2.02. The molecule has 0 amide bonds. The molecule has 1 fully saturated rings. The van der Waals surface area contributed by atoms with Gasteiger partial charge in [0.2, 0.25) is 0 Å². The zero-order valence-corrected chi connectivity index (χ0v) is 11.5. The highest BCUT2D eigenvalue weighted by Gasteiger charge is 2.52. The van der Waals surface area contributed by atoms with E-state index in [1.807, 2.05) is 27.7 Å². The van der Waals surface area contributed by atoms with E-state index in [1.165, 1.54) is 0 Å². The van der Waals surface area contributed by atoms with Gasteiger partial charge in [0.15, 0.2) is 0 Å². The number of nitrogens with two attached hydrogens (primary N) is 1. The summed E-state index contributed by atoms with van der Waals surface area (Å²) in [5.74, 6) is -0.450. The zero-order chi connectivity index (χ0) is 13.7. The number of nitrogen functional groups attached to an aromatic ring is 1. The third kappa shape index (κ3) is 1.91. The van der Waals surface area contributed by atoms with E-state index in [2.05, 4.69) is 0 Å². The minimum Gasteiger partial charge on any atom is -0.399 e. The average molecular weight is 251 g/mol. The van der Waals surface area contributed by atoms with Crippen LogP contribution in [0.25, 0.3) is 0 Å². The second-order valence-corrected chi connectivity index (χ2v) is 5.79. The molecule has 0 radical (unpaired) electrons. The van der Waals surface area contributed by atoms with Crippen LogP contribution in [-0.2, 0) is 9.31 Å². The van der Waals surface area contributed by atoms with Gasteiger partial charge in [-0.05, 0) is 40.2 Å². The number of hydrogen-bond donors (Lipinski definition) is 1. The van der Waals surface area contributed by atoms with E-state index in [4.69, 9.17) is 15.0 Å². The molecule has 0 atom stereocenters. The van der Waals surface area contributed by atoms with Gasteiger partial charge >= 0.3 is 7.12 Å². The maximum absolute atomic E-state index is 14.1. The van der Waals surface area contributed by atoms with E-state index in [0.717, 1.165) is 0 Å². The van der Waals surface area contributed by atoms with E-state index >= 15 is 0 Å². The summed E-state index contributed by atoms with van der Waals surface area (Å²) in [4.78, 5) is 0. The van der Waals surface area contributed by atoms with Gasteiger partial charge in [-0.1, -0.05) is 12.1 Å². The lowest BCUT2D eigenvalue weighted by atomic mass is 9.78. The molecule has 1 aromatic rings. The van der Waals surface area contributed by atoms with Crippen molar-refractivity contribution in [3.8, 4) is 0 Å². The number of rotatable bonds is 1. The average Bonchev–Trinajstić information content (AvgIpc) is 2.45. The first-order chi connectivity index (χ1) is 8.16. The van der Waals surface area contributed by atoms with Crippen LogP contribution in [0.1, 0.15) is 33.3 Å². The van der Waals surface area contributed by atoms with Gasteiger partial charge in [0, 0.05) is 5.46 Å². The summed E-state index contributed by atoms with van der Waals surface area (Å²) in [5.41, 5.74) is 5.96. The standard InChI is InChI=1S/C13H19BFNO2/c1-8-6-7-9(10(15)11(8)16)14-17-12(2,3)13(4,5)18-14/h6-7H,16H2,1-5H3. The molecule has 0 bridgehead atoms. The summed E-state index contributed by atoms with van der Waals surface area (Å²) >= 11 is 0. The molecule has 98 valence electrons. The van der Waals surface area contributed by atoms with Gasteiger partial charge < -0.3 is 15.0 Å². The Hall–Kier alpha value is -1.07. The van der Waals surface area contributed by atoms with E-state index in [-0.39, 0.29) is 5.69 Å². The van der Waals surface area contributed by atoms with Gasteiger partial charge in [0.1, 0.15) is 5.82 Å². The van der Waals surface area contributed by atoms with Crippen molar-refractivity contribution in [1.82, 2.24) is 0 Å². The van der Waals surface area contributed by atoms with E-state index in [0.29, 0.717) is 11.0 Å². The molecule has 1 aliphatic rings. The smallest absolute Gasteiger partial charge is 0.399 e. The van der Waals surface area contributed by atoms with Gasteiger partial charge in [-0.3, -0.25) is 0 Å². The van der Waals surface area contributed by atoms with Crippen molar-refractivity contribution in [2.45, 2.75) is 45.8 Å². The fourth-order valence-corrected chi connectivity index (χ4v) is 1.86. The Morgan fingerprint density at radius 1 is 1.11 bits per heavy atom. The van der Waals surface area contributed by atoms with E-state index in [1.54, 1.807) is 19.1 Å². The Morgan fingerprint density at radius 3 is 2.11 bits per heavy atom. The summed E-state index contributed by atoms with van der Waals surface area (Å²) in [6.45, 7) is 9.50. The molecule has 18 heavy (non-hydrogen) atoms. The van der Waals surface area contributed by atoms with E-state index in [9.17, 15) is 4.39 Å². The molecule has 3 nitrogen and oxygen atoms in total. The summed E-state index contributed by atoms with van der Waals surface area (Å²) in [7, 11) is -0.710. The van der Waals surface area contributed by atoms with Crippen molar-refractivity contribution in [2.24, 2.45) is 0 Å². The number of anilines is 1. The second kappa shape index (κ2) is 3.97. The second-order valence-electron chi connectivity index (χ2n) is 5.79. The maximum atomic E-state index is 14.1. The third-order valence-corrected chi connectivity index (χ3v) is 3.93. The molecular weight excluding hydrogens is 232 g/mol. The van der Waals surface area contributed by atoms with Crippen LogP contribution in [0.5, 0.6) is 0 Å². The largest absolute Gasteiger partial charge is 0.497 e. The summed E-state index contributed by atoms with van der Waals surface area (Å²) in [6.07, 6.45) is 0. The predicted molar refractivity (Wildman–Crippen MR) is 71.3 cm³/mol. The van der Waals surface area contributed by atoms with Crippen molar-refractivity contribution in [1.29, 1.82) is 0 Å². The molecule has 1 saturated heterocycles. The van der Waals surface area contributed by atoms with Crippen LogP contribution >= 0.6 is 0 Å². The van der Waals surface area contributed by atoms with Crippen LogP contribution < -0.4 is 11.2 Å². The van der Waals surface area contributed by atoms with Gasteiger partial charge in [-0.2, -0.15) is 0 Å². The molecule has 1 aliphatic heterocycles. The number of halogens is 1. The van der Waals surface area contributed by atoms with Crippen LogP contribution in [-0.4, -0.2) is 18.3 Å².